The van der Waals surface area contributed by atoms with Gasteiger partial charge in [0.25, 0.3) is 0 Å². The smallest absolute Gasteiger partial charge is 0.173 e. The van der Waals surface area contributed by atoms with Gasteiger partial charge in [-0.15, -0.1) is 0 Å². The summed E-state index contributed by atoms with van der Waals surface area (Å²) < 4.78 is 5.40. The number of rotatable bonds is 5. The van der Waals surface area contributed by atoms with Crippen LogP contribution >= 0.6 is 0 Å². The van der Waals surface area contributed by atoms with E-state index in [9.17, 15) is 4.79 Å². The summed E-state index contributed by atoms with van der Waals surface area (Å²) in [5.74, 6) is 1.06. The molecule has 0 N–H and O–H groups in total. The average Bonchev–Trinajstić information content (AvgIpc) is 2.61. The molecule has 24 heavy (non-hydrogen) atoms. The van der Waals surface area contributed by atoms with Crippen molar-refractivity contribution in [2.45, 2.75) is 24.7 Å². The Labute approximate surface area is 144 Å². The van der Waals surface area contributed by atoms with Gasteiger partial charge in [-0.1, -0.05) is 36.4 Å². The minimum atomic E-state index is -0.465. The molecule has 2 aromatic carbocycles. The third kappa shape index (κ3) is 2.96. The van der Waals surface area contributed by atoms with Crippen LogP contribution in [-0.2, 0) is 11.8 Å². The van der Waals surface area contributed by atoms with Crippen LogP contribution < -0.4 is 4.74 Å². The second-order valence-corrected chi connectivity index (χ2v) is 6.85. The predicted octanol–water partition coefficient (Wildman–Crippen LogP) is 3.71. The van der Waals surface area contributed by atoms with Crippen LogP contribution in [0, 0.1) is 0 Å². The van der Waals surface area contributed by atoms with Gasteiger partial charge < -0.3 is 9.64 Å². The van der Waals surface area contributed by atoms with Gasteiger partial charge in [-0.25, -0.2) is 0 Å². The Bertz CT molecular complexity index is 738. The average molecular weight is 323 g/mol. The Hall–Kier alpha value is -2.13. The summed E-state index contributed by atoms with van der Waals surface area (Å²) in [6, 6.07) is 16.1. The molecule has 3 rings (SSSR count). The molecule has 0 spiro atoms. The van der Waals surface area contributed by atoms with Crippen molar-refractivity contribution >= 4 is 5.78 Å². The highest BCUT2D eigenvalue weighted by molar-refractivity contribution is 6.06. The summed E-state index contributed by atoms with van der Waals surface area (Å²) in [4.78, 5) is 15.6. The summed E-state index contributed by atoms with van der Waals surface area (Å²) in [6.45, 7) is 0.880. The molecule has 2 aromatic rings. The Morgan fingerprint density at radius 2 is 1.92 bits per heavy atom. The molecule has 0 bridgehead atoms. The van der Waals surface area contributed by atoms with Gasteiger partial charge in [-0.05, 0) is 63.2 Å². The van der Waals surface area contributed by atoms with Crippen molar-refractivity contribution in [2.75, 3.05) is 27.7 Å². The first-order valence-electron chi connectivity index (χ1n) is 8.49. The molecule has 0 heterocycles. The van der Waals surface area contributed by atoms with Crippen molar-refractivity contribution in [3.05, 3.63) is 65.2 Å². The van der Waals surface area contributed by atoms with Crippen molar-refractivity contribution in [1.82, 2.24) is 4.90 Å². The van der Waals surface area contributed by atoms with E-state index in [1.165, 1.54) is 5.56 Å². The Morgan fingerprint density at radius 3 is 2.67 bits per heavy atom. The van der Waals surface area contributed by atoms with Crippen molar-refractivity contribution in [1.29, 1.82) is 0 Å². The van der Waals surface area contributed by atoms with E-state index in [1.807, 2.05) is 36.4 Å². The molecule has 0 fully saturated rings. The molecule has 1 aliphatic carbocycles. The monoisotopic (exact) mass is 323 g/mol. The number of carbonyl (C=O) groups excluding carboxylic acids is 1. The lowest BCUT2D eigenvalue weighted by atomic mass is 9.64. The topological polar surface area (TPSA) is 29.5 Å². The number of aryl methyl sites for hydroxylation is 1. The summed E-state index contributed by atoms with van der Waals surface area (Å²) in [7, 11) is 5.78. The number of ether oxygens (including phenoxy) is 1. The van der Waals surface area contributed by atoms with Crippen LogP contribution in [0.25, 0.3) is 0 Å². The lowest BCUT2D eigenvalue weighted by Crippen LogP contribution is -2.42. The molecule has 3 nitrogen and oxygen atoms in total. The van der Waals surface area contributed by atoms with Crippen LogP contribution in [0.3, 0.4) is 0 Å². The summed E-state index contributed by atoms with van der Waals surface area (Å²) in [6.07, 6.45) is 2.61. The largest absolute Gasteiger partial charge is 0.497 e. The number of fused-ring (bicyclic) bond motifs is 1. The van der Waals surface area contributed by atoms with Gasteiger partial charge in [0.1, 0.15) is 5.75 Å². The highest BCUT2D eigenvalue weighted by Crippen LogP contribution is 2.42. The van der Waals surface area contributed by atoms with Crippen LogP contribution in [0.5, 0.6) is 5.75 Å². The molecule has 0 radical (unpaired) electrons. The summed E-state index contributed by atoms with van der Waals surface area (Å²) >= 11 is 0. The number of nitrogens with zero attached hydrogens (tertiary/aromatic N) is 1. The molecular weight excluding hydrogens is 298 g/mol. The number of carbonyl (C=O) groups is 1. The number of ketones is 1. The molecule has 3 heteroatoms. The van der Waals surface area contributed by atoms with E-state index in [0.717, 1.165) is 42.7 Å². The number of hydrogen-bond donors (Lipinski definition) is 0. The van der Waals surface area contributed by atoms with Crippen LogP contribution in [-0.4, -0.2) is 38.4 Å². The van der Waals surface area contributed by atoms with Gasteiger partial charge >= 0.3 is 0 Å². The second-order valence-electron chi connectivity index (χ2n) is 6.85. The fourth-order valence-corrected chi connectivity index (χ4v) is 3.67. The van der Waals surface area contributed by atoms with Crippen molar-refractivity contribution < 1.29 is 9.53 Å². The van der Waals surface area contributed by atoms with E-state index in [0.29, 0.717) is 0 Å². The lowest BCUT2D eigenvalue weighted by molar-refractivity contribution is 0.0840. The van der Waals surface area contributed by atoms with E-state index in [2.05, 4.69) is 31.1 Å². The summed E-state index contributed by atoms with van der Waals surface area (Å²) in [5, 5.41) is 0. The van der Waals surface area contributed by atoms with Crippen LogP contribution in [0.15, 0.2) is 48.5 Å². The van der Waals surface area contributed by atoms with E-state index < -0.39 is 5.41 Å². The van der Waals surface area contributed by atoms with Crippen molar-refractivity contribution in [3.8, 4) is 5.75 Å². The van der Waals surface area contributed by atoms with Gasteiger partial charge in [0.15, 0.2) is 5.78 Å². The lowest BCUT2D eigenvalue weighted by Gasteiger charge is -2.38. The Balaban J connectivity index is 2.08. The quantitative estimate of drug-likeness (QED) is 0.840. The van der Waals surface area contributed by atoms with Gasteiger partial charge in [0.2, 0.25) is 0 Å². The first-order valence-corrected chi connectivity index (χ1v) is 8.49. The molecule has 126 valence electrons. The van der Waals surface area contributed by atoms with Gasteiger partial charge in [0.05, 0.1) is 12.5 Å². The minimum Gasteiger partial charge on any atom is -0.497 e. The molecule has 0 aromatic heterocycles. The zero-order valence-electron chi connectivity index (χ0n) is 14.7. The highest BCUT2D eigenvalue weighted by Gasteiger charge is 2.43. The third-order valence-electron chi connectivity index (χ3n) is 5.13. The summed E-state index contributed by atoms with van der Waals surface area (Å²) in [5.41, 5.74) is 2.66. The molecule has 0 amide bonds. The number of methoxy groups -OCH3 is 1. The van der Waals surface area contributed by atoms with E-state index >= 15 is 0 Å². The normalized spacial score (nSPS) is 20.1. The second kappa shape index (κ2) is 6.78. The zero-order valence-corrected chi connectivity index (χ0v) is 14.7. The fraction of sp³-hybridized carbons (Fsp3) is 0.381. The van der Waals surface area contributed by atoms with E-state index in [1.54, 1.807) is 7.11 Å². The van der Waals surface area contributed by atoms with Gasteiger partial charge in [-0.3, -0.25) is 4.79 Å². The molecule has 0 aliphatic heterocycles. The Kier molecular flexibility index (Phi) is 4.72. The third-order valence-corrected chi connectivity index (χ3v) is 5.13. The highest BCUT2D eigenvalue weighted by atomic mass is 16.5. The first kappa shape index (κ1) is 16.7. The van der Waals surface area contributed by atoms with Crippen LogP contribution in [0.4, 0.5) is 0 Å². The number of hydrogen-bond acceptors (Lipinski definition) is 3. The standard InChI is InChI=1S/C21H25NO2/c1-22(2)14-13-21(17-8-6-9-18(15-17)24-3)12-11-16-7-4-5-10-19(16)20(21)23/h4-10,15H,11-14H2,1-3H3. The molecule has 1 aliphatic rings. The minimum absolute atomic E-state index is 0.249. The number of benzene rings is 2. The van der Waals surface area contributed by atoms with Crippen molar-refractivity contribution in [3.63, 3.8) is 0 Å². The fourth-order valence-electron chi connectivity index (χ4n) is 3.67. The van der Waals surface area contributed by atoms with Crippen LogP contribution in [0.2, 0.25) is 0 Å². The van der Waals surface area contributed by atoms with E-state index in [-0.39, 0.29) is 5.78 Å². The van der Waals surface area contributed by atoms with E-state index in [4.69, 9.17) is 4.74 Å². The number of Topliss-reactive ketones (excluding diaryl/α,β-unsaturated/α-hetero) is 1. The van der Waals surface area contributed by atoms with Gasteiger partial charge in [-0.2, -0.15) is 0 Å². The molecule has 0 saturated carbocycles. The maximum Gasteiger partial charge on any atom is 0.173 e. The first-order chi connectivity index (χ1) is 11.6. The maximum atomic E-state index is 13.5. The molecular formula is C21H25NO2. The molecule has 0 saturated heterocycles. The van der Waals surface area contributed by atoms with Gasteiger partial charge in [0, 0.05) is 5.56 Å². The zero-order chi connectivity index (χ0) is 17.2. The van der Waals surface area contributed by atoms with Crippen molar-refractivity contribution in [2.24, 2.45) is 0 Å². The Morgan fingerprint density at radius 1 is 1.12 bits per heavy atom. The maximum absolute atomic E-state index is 13.5. The molecule has 1 unspecified atom stereocenters. The SMILES string of the molecule is COc1cccc(C2(CCN(C)C)CCc3ccccc3C2=O)c1. The molecule has 1 atom stereocenters. The van der Waals surface area contributed by atoms with Crippen LogP contribution in [0.1, 0.15) is 34.3 Å². The predicted molar refractivity (Wildman–Crippen MR) is 96.9 cm³/mol.